The van der Waals surface area contributed by atoms with Gasteiger partial charge in [-0.2, -0.15) is 0 Å². The second-order valence-electron chi connectivity index (χ2n) is 15.3. The topological polar surface area (TPSA) is 196 Å². The van der Waals surface area contributed by atoms with Crippen LogP contribution in [0, 0.1) is 17.0 Å². The fourth-order valence-corrected chi connectivity index (χ4v) is 9.42. The first kappa shape index (κ1) is 47.0. The van der Waals surface area contributed by atoms with Crippen molar-refractivity contribution in [2.75, 3.05) is 20.3 Å². The molecule has 0 aliphatic carbocycles. The number of nitrogens with one attached hydrogen (secondary N) is 1. The zero-order chi connectivity index (χ0) is 47.1. The van der Waals surface area contributed by atoms with E-state index in [1.807, 2.05) is 84.9 Å². The van der Waals surface area contributed by atoms with Crippen molar-refractivity contribution in [3.63, 3.8) is 0 Å². The molecule has 4 atom stereocenters. The number of aryl methyl sites for hydroxylation is 1. The molecule has 0 spiro atoms. The molecule has 1 unspecified atom stereocenters. The number of nitro groups is 1. The number of rotatable bonds is 18. The number of non-ortho nitro benzene ring substituents is 1. The molecule has 3 heterocycles. The van der Waals surface area contributed by atoms with E-state index in [2.05, 4.69) is 15.0 Å². The fraction of sp³-hybridized carbons (Fsp3) is 0.208. The van der Waals surface area contributed by atoms with Crippen molar-refractivity contribution in [2.24, 2.45) is 0 Å². The third kappa shape index (κ3) is 10.7. The molecule has 0 amide bonds. The van der Waals surface area contributed by atoms with Crippen LogP contribution >= 0.6 is 31.0 Å². The van der Waals surface area contributed by atoms with E-state index in [1.165, 1.54) is 41.1 Å². The van der Waals surface area contributed by atoms with Gasteiger partial charge in [-0.15, -0.1) is 0 Å². The number of benzene rings is 5. The van der Waals surface area contributed by atoms with E-state index in [-0.39, 0.29) is 53.1 Å². The van der Waals surface area contributed by atoms with E-state index < -0.39 is 48.0 Å². The number of phosphoric ester groups is 1. The van der Waals surface area contributed by atoms with Crippen LogP contribution in [-0.2, 0) is 35.1 Å². The molecule has 1 saturated heterocycles. The summed E-state index contributed by atoms with van der Waals surface area (Å²) in [7, 11) is -3.14. The molecule has 2 aromatic heterocycles. The van der Waals surface area contributed by atoms with Crippen LogP contribution in [0.5, 0.6) is 11.5 Å². The highest BCUT2D eigenvalue weighted by atomic mass is 35.5. The van der Waals surface area contributed by atoms with Gasteiger partial charge in [-0.25, -0.2) is 19.3 Å². The Labute approximate surface area is 393 Å². The van der Waals surface area contributed by atoms with Crippen molar-refractivity contribution in [3.05, 3.63) is 215 Å². The van der Waals surface area contributed by atoms with E-state index in [9.17, 15) is 19.7 Å². The van der Waals surface area contributed by atoms with Crippen LogP contribution < -0.4 is 20.5 Å². The smallest absolute Gasteiger partial charge is 0.497 e. The zero-order valence-electron chi connectivity index (χ0n) is 35.9. The second kappa shape index (κ2) is 20.6. The number of nitrogens with zero attached hydrogens (tertiary/aromatic N) is 4. The Morgan fingerprint density at radius 3 is 2.15 bits per heavy atom. The summed E-state index contributed by atoms with van der Waals surface area (Å²) in [6.45, 7) is 1.07. The highest BCUT2D eigenvalue weighted by Gasteiger charge is 2.47. The lowest BCUT2D eigenvalue weighted by Gasteiger charge is -2.37. The third-order valence-corrected chi connectivity index (χ3v) is 13.0. The highest BCUT2D eigenvalue weighted by molar-refractivity contribution is 7.49. The molecule has 67 heavy (non-hydrogen) atoms. The van der Waals surface area contributed by atoms with Crippen molar-refractivity contribution in [1.82, 2.24) is 19.5 Å². The third-order valence-electron chi connectivity index (χ3n) is 11.0. The number of aromatic amines is 1. The normalized spacial score (nSPS) is 16.9. The molecule has 7 aromatic rings. The molecular weight excluding hydrogens is 924 g/mol. The number of phosphoric acid groups is 1. The molecule has 8 rings (SSSR count). The average Bonchev–Trinajstić information content (AvgIpc) is 3.73. The minimum absolute atomic E-state index is 0.0431. The lowest BCUT2D eigenvalue weighted by atomic mass is 9.80. The van der Waals surface area contributed by atoms with Crippen LogP contribution in [0.15, 0.2) is 156 Å². The van der Waals surface area contributed by atoms with Gasteiger partial charge in [0.2, 0.25) is 0 Å². The summed E-state index contributed by atoms with van der Waals surface area (Å²) in [5, 5.41) is 11.4. The van der Waals surface area contributed by atoms with Crippen LogP contribution in [0.25, 0.3) is 11.1 Å². The number of H-pyrrole nitrogens is 1. The molecular formula is C48H42Cl2N5O11P. The first-order valence-electron chi connectivity index (χ1n) is 20.8. The predicted molar refractivity (Wildman–Crippen MR) is 250 cm³/mol. The summed E-state index contributed by atoms with van der Waals surface area (Å²) in [5.41, 5.74) is 1.25. The van der Waals surface area contributed by atoms with Gasteiger partial charge in [0, 0.05) is 65.8 Å². The Morgan fingerprint density at radius 1 is 0.881 bits per heavy atom. The minimum Gasteiger partial charge on any atom is -0.497 e. The predicted octanol–water partition coefficient (Wildman–Crippen LogP) is 9.65. The number of hydrogen-bond donors (Lipinski definition) is 1. The summed E-state index contributed by atoms with van der Waals surface area (Å²) < 4.78 is 54.0. The van der Waals surface area contributed by atoms with Gasteiger partial charge in [-0.3, -0.25) is 33.5 Å². The lowest BCUT2D eigenvalue weighted by Crippen LogP contribution is -2.38. The van der Waals surface area contributed by atoms with Crippen LogP contribution in [0.2, 0.25) is 10.0 Å². The SMILES string of the molecule is COc1ccc(C(OC[C@H]2O[C@@H](n3cc(C)c(=O)[nH]c3=O)C[C@@H]2OP(=O)(OCCc2ncc(-c3ccc([N+](=O)[O-])cc3)cn2)Oc2cc(Cl)ccc2Cl)(c2ccccc2)c2ccccc2)cc1. The summed E-state index contributed by atoms with van der Waals surface area (Å²) in [6.07, 6.45) is 1.20. The van der Waals surface area contributed by atoms with E-state index in [4.69, 9.17) is 51.0 Å². The Morgan fingerprint density at radius 2 is 1.52 bits per heavy atom. The maximum atomic E-state index is 15.1. The quantitative estimate of drug-likeness (QED) is 0.0370. The molecule has 1 fully saturated rings. The monoisotopic (exact) mass is 965 g/mol. The van der Waals surface area contributed by atoms with Gasteiger partial charge in [-0.05, 0) is 65.6 Å². The van der Waals surface area contributed by atoms with Gasteiger partial charge in [0.1, 0.15) is 35.6 Å². The average molecular weight is 967 g/mol. The summed E-state index contributed by atoms with van der Waals surface area (Å²) in [6, 6.07) is 37.0. The van der Waals surface area contributed by atoms with Gasteiger partial charge in [0.15, 0.2) is 5.75 Å². The first-order valence-corrected chi connectivity index (χ1v) is 23.1. The number of nitro benzene ring substituents is 1. The minimum atomic E-state index is -4.73. The molecule has 0 saturated carbocycles. The largest absolute Gasteiger partial charge is 0.530 e. The van der Waals surface area contributed by atoms with Crippen LogP contribution in [0.4, 0.5) is 5.69 Å². The molecule has 1 aliphatic rings. The van der Waals surface area contributed by atoms with Crippen LogP contribution in [0.1, 0.15) is 40.7 Å². The summed E-state index contributed by atoms with van der Waals surface area (Å²) in [4.78, 5) is 47.5. The molecule has 344 valence electrons. The second-order valence-corrected chi connectivity index (χ2v) is 17.7. The van der Waals surface area contributed by atoms with E-state index in [0.29, 0.717) is 22.7 Å². The molecule has 5 aromatic carbocycles. The number of aromatic nitrogens is 4. The Balaban J connectivity index is 1.13. The van der Waals surface area contributed by atoms with E-state index >= 15 is 4.57 Å². The Kier molecular flexibility index (Phi) is 14.4. The molecule has 19 heteroatoms. The van der Waals surface area contributed by atoms with Crippen molar-refractivity contribution in [1.29, 1.82) is 0 Å². The molecule has 16 nitrogen and oxygen atoms in total. The fourth-order valence-electron chi connectivity index (χ4n) is 7.63. The zero-order valence-corrected chi connectivity index (χ0v) is 38.3. The van der Waals surface area contributed by atoms with Crippen molar-refractivity contribution in [3.8, 4) is 22.6 Å². The van der Waals surface area contributed by atoms with Crippen molar-refractivity contribution < 1.29 is 37.3 Å². The van der Waals surface area contributed by atoms with Crippen LogP contribution in [-0.4, -0.2) is 57.0 Å². The first-order chi connectivity index (χ1) is 32.3. The Bertz CT molecular complexity index is 2960. The number of ether oxygens (including phenoxy) is 3. The maximum absolute atomic E-state index is 15.1. The van der Waals surface area contributed by atoms with Crippen molar-refractivity contribution in [2.45, 2.75) is 43.8 Å². The van der Waals surface area contributed by atoms with Gasteiger partial charge < -0.3 is 18.7 Å². The maximum Gasteiger partial charge on any atom is 0.530 e. The number of methoxy groups -OCH3 is 1. The molecule has 1 N–H and O–H groups in total. The van der Waals surface area contributed by atoms with Crippen molar-refractivity contribution >= 4 is 36.7 Å². The highest BCUT2D eigenvalue weighted by Crippen LogP contribution is 2.55. The van der Waals surface area contributed by atoms with Crippen LogP contribution in [0.3, 0.4) is 0 Å². The number of halogens is 2. The summed E-state index contributed by atoms with van der Waals surface area (Å²) >= 11 is 12.8. The molecule has 0 bridgehead atoms. The van der Waals surface area contributed by atoms with Gasteiger partial charge in [0.25, 0.3) is 11.2 Å². The molecule has 0 radical (unpaired) electrons. The summed E-state index contributed by atoms with van der Waals surface area (Å²) in [5.74, 6) is 0.860. The van der Waals surface area contributed by atoms with Gasteiger partial charge >= 0.3 is 13.5 Å². The van der Waals surface area contributed by atoms with Gasteiger partial charge in [0.05, 0.1) is 30.3 Å². The molecule has 1 aliphatic heterocycles. The van der Waals surface area contributed by atoms with E-state index in [0.717, 1.165) is 16.7 Å². The number of hydrogen-bond acceptors (Lipinski definition) is 13. The lowest BCUT2D eigenvalue weighted by molar-refractivity contribution is -0.384. The Hall–Kier alpha value is -6.49. The standard InChI is InChI=1S/C48H42Cl2N5O11P/c1-31-29-54(47(57)53-46(31)56)45-26-42(43(64-45)30-62-48(34-9-5-3-6-10-34,35-11-7-4-8-12-35)36-15-20-39(61-2)21-16-36)66-67(60,65-41-25-37(49)17-22-40(41)50)63-24-23-44-51-27-33(28-52-44)32-13-18-38(19-14-32)55(58)59/h3-22,25,27-29,42-43,45H,23-24,26,30H2,1-2H3,(H,53,56,57)/t42-,43+,45+,67?/m0/s1. The van der Waals surface area contributed by atoms with Gasteiger partial charge in [-0.1, -0.05) is 96.0 Å². The van der Waals surface area contributed by atoms with E-state index in [1.54, 1.807) is 38.6 Å².